The van der Waals surface area contributed by atoms with Gasteiger partial charge in [-0.15, -0.1) is 35.9 Å². The van der Waals surface area contributed by atoms with Gasteiger partial charge in [0.1, 0.15) is 0 Å². The van der Waals surface area contributed by atoms with Crippen molar-refractivity contribution in [2.75, 3.05) is 0 Å². The minimum absolute atomic E-state index is 0. The molecule has 144 valence electrons. The number of aryl methyl sites for hydroxylation is 2. The first-order valence-electron chi connectivity index (χ1n) is 8.98. The summed E-state index contributed by atoms with van der Waals surface area (Å²) in [7, 11) is 0. The molecule has 0 aliphatic carbocycles. The summed E-state index contributed by atoms with van der Waals surface area (Å²) < 4.78 is 0. The van der Waals surface area contributed by atoms with Gasteiger partial charge in [0.2, 0.25) is 0 Å². The van der Waals surface area contributed by atoms with Crippen LogP contribution in [0.4, 0.5) is 5.69 Å². The Labute approximate surface area is 186 Å². The predicted molar refractivity (Wildman–Crippen MR) is 114 cm³/mol. The second kappa shape index (κ2) is 11.0. The van der Waals surface area contributed by atoms with E-state index < -0.39 is 0 Å². The van der Waals surface area contributed by atoms with Crippen LogP contribution in [-0.4, -0.2) is 9.97 Å². The standard InChI is InChI=1S/C16H11N2.C9H9N.Pd/c1-2-7-13(8-3-1)14-10-6-11-16(18-14)15-9-4-5-12-17-15;1-7-5-4-6-8(2)9(7)10-3;/h1-7,9-12H;4-6H,1-2H3;/q-1;;+2. The van der Waals surface area contributed by atoms with Crippen LogP contribution in [0.1, 0.15) is 11.1 Å². The van der Waals surface area contributed by atoms with Crippen LogP contribution in [0.3, 0.4) is 0 Å². The number of rotatable bonds is 2. The van der Waals surface area contributed by atoms with Gasteiger partial charge in [0, 0.05) is 6.20 Å². The number of benzene rings is 2. The van der Waals surface area contributed by atoms with E-state index in [0.29, 0.717) is 0 Å². The molecule has 0 radical (unpaired) electrons. The van der Waals surface area contributed by atoms with E-state index in [2.05, 4.69) is 20.9 Å². The third-order valence-electron chi connectivity index (χ3n) is 4.21. The summed E-state index contributed by atoms with van der Waals surface area (Å²) in [5.41, 5.74) is 6.60. The largest absolute Gasteiger partial charge is 2.00 e. The third kappa shape index (κ3) is 5.93. The second-order valence-electron chi connectivity index (χ2n) is 6.25. The molecule has 0 N–H and O–H groups in total. The molecule has 29 heavy (non-hydrogen) atoms. The van der Waals surface area contributed by atoms with Gasteiger partial charge in [-0.2, -0.15) is 0 Å². The molecule has 0 saturated carbocycles. The number of pyridine rings is 2. The number of aromatic nitrogens is 2. The summed E-state index contributed by atoms with van der Waals surface area (Å²) in [5.74, 6) is 0. The summed E-state index contributed by atoms with van der Waals surface area (Å²) in [6.45, 7) is 10.8. The van der Waals surface area contributed by atoms with Crippen molar-refractivity contribution in [3.05, 3.63) is 114 Å². The predicted octanol–water partition coefficient (Wildman–Crippen LogP) is 6.46. The van der Waals surface area contributed by atoms with Crippen molar-refractivity contribution < 1.29 is 20.4 Å². The molecule has 0 unspecified atom stereocenters. The molecule has 2 heterocycles. The zero-order valence-electron chi connectivity index (χ0n) is 16.2. The minimum atomic E-state index is 0. The summed E-state index contributed by atoms with van der Waals surface area (Å²) in [6.07, 6.45) is 1.78. The molecule has 2 aromatic heterocycles. The molecule has 0 aliphatic heterocycles. The van der Waals surface area contributed by atoms with Crippen molar-refractivity contribution in [1.29, 1.82) is 0 Å². The van der Waals surface area contributed by atoms with Crippen LogP contribution in [-0.2, 0) is 20.4 Å². The van der Waals surface area contributed by atoms with Gasteiger partial charge in [-0.1, -0.05) is 36.4 Å². The van der Waals surface area contributed by atoms with Crippen LogP contribution in [0.2, 0.25) is 0 Å². The zero-order chi connectivity index (χ0) is 19.8. The average molecular weight is 469 g/mol. The molecule has 4 rings (SSSR count). The average Bonchev–Trinajstić information content (AvgIpc) is 2.76. The van der Waals surface area contributed by atoms with Gasteiger partial charge >= 0.3 is 20.4 Å². The third-order valence-corrected chi connectivity index (χ3v) is 4.21. The molecule has 0 bridgehead atoms. The fraction of sp³-hybridized carbons (Fsp3) is 0.0800. The molecule has 4 aromatic rings. The van der Waals surface area contributed by atoms with Crippen LogP contribution >= 0.6 is 0 Å². The van der Waals surface area contributed by atoms with E-state index in [4.69, 9.17) is 6.57 Å². The Balaban J connectivity index is 0.000000234. The zero-order valence-corrected chi connectivity index (χ0v) is 17.8. The number of nitrogens with zero attached hydrogens (tertiary/aromatic N) is 3. The maximum atomic E-state index is 6.85. The summed E-state index contributed by atoms with van der Waals surface area (Å²) in [6, 6.07) is 28.7. The topological polar surface area (TPSA) is 30.1 Å². The van der Waals surface area contributed by atoms with E-state index in [1.54, 1.807) is 6.20 Å². The summed E-state index contributed by atoms with van der Waals surface area (Å²) >= 11 is 0. The monoisotopic (exact) mass is 468 g/mol. The van der Waals surface area contributed by atoms with Gasteiger partial charge in [0.25, 0.3) is 0 Å². The fourth-order valence-electron chi connectivity index (χ4n) is 2.78. The smallest absolute Gasteiger partial charge is 0.295 e. The van der Waals surface area contributed by atoms with Crippen LogP contribution in [0, 0.1) is 26.5 Å². The summed E-state index contributed by atoms with van der Waals surface area (Å²) in [4.78, 5) is 12.4. The molecule has 0 fully saturated rings. The molecule has 0 aliphatic rings. The quantitative estimate of drug-likeness (QED) is 0.249. The number of hydrogen-bond donors (Lipinski definition) is 0. The van der Waals surface area contributed by atoms with Crippen LogP contribution < -0.4 is 0 Å². The Morgan fingerprint density at radius 2 is 1.41 bits per heavy atom. The maximum absolute atomic E-state index is 6.85. The normalized spacial score (nSPS) is 9.41. The SMILES string of the molecule is [C-]#[N+]c1c(C)cccc1C.[Pd+2].[c-]1ccccc1-c1cccc(-c2ccccn2)n1. The first-order valence-corrected chi connectivity index (χ1v) is 8.98. The Kier molecular flexibility index (Phi) is 8.44. The Morgan fingerprint density at radius 1 is 0.759 bits per heavy atom. The summed E-state index contributed by atoms with van der Waals surface area (Å²) in [5, 5.41) is 0. The Morgan fingerprint density at radius 3 is 2.00 bits per heavy atom. The van der Waals surface area contributed by atoms with Crippen molar-refractivity contribution in [3.63, 3.8) is 0 Å². The van der Waals surface area contributed by atoms with E-state index in [1.165, 1.54) is 0 Å². The van der Waals surface area contributed by atoms with Crippen molar-refractivity contribution in [3.8, 4) is 22.6 Å². The van der Waals surface area contributed by atoms with Crippen LogP contribution in [0.15, 0.2) is 85.1 Å². The van der Waals surface area contributed by atoms with Gasteiger partial charge in [0.15, 0.2) is 5.69 Å². The second-order valence-corrected chi connectivity index (χ2v) is 6.25. The number of para-hydroxylation sites is 1. The van der Waals surface area contributed by atoms with Crippen LogP contribution in [0.25, 0.3) is 27.5 Å². The molecule has 0 spiro atoms. The minimum Gasteiger partial charge on any atom is -0.295 e. The Bertz CT molecular complexity index is 1010. The molecule has 0 saturated heterocycles. The van der Waals surface area contributed by atoms with Gasteiger partial charge in [-0.05, 0) is 48.9 Å². The van der Waals surface area contributed by atoms with E-state index in [0.717, 1.165) is 39.5 Å². The molecule has 0 amide bonds. The van der Waals surface area contributed by atoms with Gasteiger partial charge < -0.3 is 0 Å². The molecule has 4 heteroatoms. The fourth-order valence-corrected chi connectivity index (χ4v) is 2.78. The number of hydrogen-bond acceptors (Lipinski definition) is 2. The van der Waals surface area contributed by atoms with E-state index in [1.807, 2.05) is 92.7 Å². The Hall–Kier alpha value is -3.11. The van der Waals surface area contributed by atoms with Gasteiger partial charge in [-0.25, -0.2) is 4.85 Å². The van der Waals surface area contributed by atoms with Crippen molar-refractivity contribution in [2.45, 2.75) is 13.8 Å². The van der Waals surface area contributed by atoms with Crippen molar-refractivity contribution in [1.82, 2.24) is 9.97 Å². The molecular formula is C25H20N3Pd+. The first kappa shape index (κ1) is 22.2. The molecular weight excluding hydrogens is 449 g/mol. The van der Waals surface area contributed by atoms with E-state index in [9.17, 15) is 0 Å². The van der Waals surface area contributed by atoms with E-state index in [-0.39, 0.29) is 20.4 Å². The van der Waals surface area contributed by atoms with Crippen molar-refractivity contribution in [2.24, 2.45) is 0 Å². The van der Waals surface area contributed by atoms with Gasteiger partial charge in [-0.3, -0.25) is 9.97 Å². The van der Waals surface area contributed by atoms with Crippen LogP contribution in [0.5, 0.6) is 0 Å². The van der Waals surface area contributed by atoms with Gasteiger partial charge in [0.05, 0.1) is 18.0 Å². The van der Waals surface area contributed by atoms with Crippen molar-refractivity contribution >= 4 is 5.69 Å². The maximum Gasteiger partial charge on any atom is 2.00 e. The molecule has 0 atom stereocenters. The first-order chi connectivity index (χ1) is 13.7. The molecule has 3 nitrogen and oxygen atoms in total. The van der Waals surface area contributed by atoms with E-state index >= 15 is 0 Å². The molecule has 2 aromatic carbocycles.